The van der Waals surface area contributed by atoms with Gasteiger partial charge in [0, 0.05) is 38.8 Å². The molecule has 2 aliphatic rings. The molecule has 0 bridgehead atoms. The van der Waals surface area contributed by atoms with Crippen LogP contribution >= 0.6 is 0 Å². The SMILES string of the molecule is COCCCN1CCOc2ccc(CO[C@H]3CN(S(=O)(=O)c4ccc(C)cc4)[C@@H](CCC(C)(C)O)C[C@@H]3c3ccc(OC)cc3)cc21. The molecule has 0 aliphatic carbocycles. The van der Waals surface area contributed by atoms with Gasteiger partial charge >= 0.3 is 0 Å². The zero-order valence-electron chi connectivity index (χ0n) is 28.4. The number of benzene rings is 3. The van der Waals surface area contributed by atoms with Crippen LogP contribution in [0.2, 0.25) is 0 Å². The fraction of sp³-hybridized carbons (Fsp3) is 0.514. The van der Waals surface area contributed by atoms with E-state index in [1.165, 1.54) is 0 Å². The molecule has 47 heavy (non-hydrogen) atoms. The van der Waals surface area contributed by atoms with Gasteiger partial charge < -0.3 is 29.0 Å². The first-order valence-corrected chi connectivity index (χ1v) is 18.0. The number of aryl methyl sites for hydroxylation is 1. The third-order valence-electron chi connectivity index (χ3n) is 9.23. The Morgan fingerprint density at radius 2 is 1.77 bits per heavy atom. The van der Waals surface area contributed by atoms with Crippen LogP contribution < -0.4 is 14.4 Å². The lowest BCUT2D eigenvalue weighted by Gasteiger charge is -2.44. The maximum atomic E-state index is 14.2. The van der Waals surface area contributed by atoms with Gasteiger partial charge in [0.25, 0.3) is 0 Å². The maximum absolute atomic E-state index is 14.2. The predicted molar refractivity (Wildman–Crippen MR) is 184 cm³/mol. The van der Waals surface area contributed by atoms with Crippen molar-refractivity contribution in [2.24, 2.45) is 0 Å². The minimum absolute atomic E-state index is 0.0660. The molecule has 3 aromatic carbocycles. The number of piperidine rings is 1. The summed E-state index contributed by atoms with van der Waals surface area (Å²) in [4.78, 5) is 2.59. The summed E-state index contributed by atoms with van der Waals surface area (Å²) in [6.45, 7) is 9.01. The standard InChI is InChI=1S/C37H50N2O7S/c1-27-7-14-32(15-8-27)47(41,42)39-25-36(33(24-30(39)17-18-37(2,3)40)29-10-12-31(44-5)13-11-29)46-26-28-9-16-35-34(23-28)38(20-22-45-35)19-6-21-43-4/h7-16,23,30,33,36,40H,6,17-22,24-26H2,1-5H3/t30-,33+,36-/m0/s1. The minimum Gasteiger partial charge on any atom is -0.497 e. The number of hydrogen-bond donors (Lipinski definition) is 1. The zero-order valence-corrected chi connectivity index (χ0v) is 29.2. The van der Waals surface area contributed by atoms with E-state index in [4.69, 9.17) is 18.9 Å². The Hall–Kier alpha value is -3.15. The highest BCUT2D eigenvalue weighted by Gasteiger charge is 2.43. The molecule has 0 amide bonds. The quantitative estimate of drug-likeness (QED) is 0.212. The second-order valence-electron chi connectivity index (χ2n) is 13.3. The Balaban J connectivity index is 1.45. The summed E-state index contributed by atoms with van der Waals surface area (Å²) in [6.07, 6.45) is 2.06. The molecule has 0 aromatic heterocycles. The molecule has 5 rings (SSSR count). The van der Waals surface area contributed by atoms with Gasteiger partial charge in [0.15, 0.2) is 0 Å². The van der Waals surface area contributed by atoms with E-state index < -0.39 is 21.7 Å². The molecule has 0 unspecified atom stereocenters. The molecule has 10 heteroatoms. The van der Waals surface area contributed by atoms with Crippen molar-refractivity contribution in [3.8, 4) is 11.5 Å². The summed E-state index contributed by atoms with van der Waals surface area (Å²) >= 11 is 0. The van der Waals surface area contributed by atoms with E-state index >= 15 is 0 Å². The molecule has 0 spiro atoms. The van der Waals surface area contributed by atoms with Gasteiger partial charge in [-0.1, -0.05) is 35.9 Å². The highest BCUT2D eigenvalue weighted by molar-refractivity contribution is 7.89. The van der Waals surface area contributed by atoms with Crippen LogP contribution in [0, 0.1) is 6.92 Å². The fourth-order valence-electron chi connectivity index (χ4n) is 6.55. The van der Waals surface area contributed by atoms with Crippen molar-refractivity contribution in [3.05, 3.63) is 83.4 Å². The van der Waals surface area contributed by atoms with Crippen molar-refractivity contribution in [2.45, 2.75) is 81.6 Å². The lowest BCUT2D eigenvalue weighted by molar-refractivity contribution is -0.0246. The molecule has 256 valence electrons. The number of methoxy groups -OCH3 is 2. The second kappa shape index (κ2) is 15.4. The first-order chi connectivity index (χ1) is 22.5. The highest BCUT2D eigenvalue weighted by Crippen LogP contribution is 2.40. The number of fused-ring (bicyclic) bond motifs is 1. The van der Waals surface area contributed by atoms with Crippen molar-refractivity contribution < 1.29 is 32.5 Å². The van der Waals surface area contributed by atoms with Crippen molar-refractivity contribution in [1.29, 1.82) is 0 Å². The normalized spacial score (nSPS) is 20.5. The second-order valence-corrected chi connectivity index (χ2v) is 15.2. The highest BCUT2D eigenvalue weighted by atomic mass is 32.2. The topological polar surface area (TPSA) is 97.8 Å². The average Bonchev–Trinajstić information content (AvgIpc) is 3.06. The van der Waals surface area contributed by atoms with Crippen molar-refractivity contribution >= 4 is 15.7 Å². The average molecular weight is 667 g/mol. The number of anilines is 1. The van der Waals surface area contributed by atoms with Gasteiger partial charge in [-0.15, -0.1) is 0 Å². The van der Waals surface area contributed by atoms with Crippen LogP contribution in [0.5, 0.6) is 11.5 Å². The summed E-state index contributed by atoms with van der Waals surface area (Å²) in [5.74, 6) is 1.55. The summed E-state index contributed by atoms with van der Waals surface area (Å²) in [6, 6.07) is 20.8. The maximum Gasteiger partial charge on any atom is 0.243 e. The van der Waals surface area contributed by atoms with Crippen molar-refractivity contribution in [3.63, 3.8) is 0 Å². The number of nitrogens with zero attached hydrogens (tertiary/aromatic N) is 2. The van der Waals surface area contributed by atoms with E-state index in [1.807, 2.05) is 55.5 Å². The summed E-state index contributed by atoms with van der Waals surface area (Å²) in [7, 11) is -0.479. The molecule has 0 radical (unpaired) electrons. The number of sulfonamides is 1. The molecular formula is C37H50N2O7S. The van der Waals surface area contributed by atoms with Crippen LogP contribution in [-0.4, -0.2) is 82.6 Å². The Labute approximate surface area is 280 Å². The van der Waals surface area contributed by atoms with E-state index in [-0.39, 0.29) is 23.4 Å². The molecule has 1 fully saturated rings. The van der Waals surface area contributed by atoms with Gasteiger partial charge in [-0.05, 0) is 94.0 Å². The molecule has 2 aliphatic heterocycles. The molecule has 3 atom stereocenters. The number of hydrogen-bond acceptors (Lipinski definition) is 8. The van der Waals surface area contributed by atoms with Crippen LogP contribution in [-0.2, 0) is 26.1 Å². The van der Waals surface area contributed by atoms with Gasteiger partial charge in [0.1, 0.15) is 18.1 Å². The molecule has 0 saturated carbocycles. The summed E-state index contributed by atoms with van der Waals surface area (Å²) in [5.41, 5.74) is 3.18. The number of aliphatic hydroxyl groups is 1. The monoisotopic (exact) mass is 666 g/mol. The molecule has 1 saturated heterocycles. The summed E-state index contributed by atoms with van der Waals surface area (Å²) in [5, 5.41) is 10.6. The predicted octanol–water partition coefficient (Wildman–Crippen LogP) is 5.92. The Morgan fingerprint density at radius 3 is 2.45 bits per heavy atom. The van der Waals surface area contributed by atoms with Crippen LogP contribution in [0.25, 0.3) is 0 Å². The van der Waals surface area contributed by atoms with Crippen molar-refractivity contribution in [2.75, 3.05) is 52.0 Å². The van der Waals surface area contributed by atoms with E-state index in [0.717, 1.165) is 53.4 Å². The van der Waals surface area contributed by atoms with Crippen LogP contribution in [0.4, 0.5) is 5.69 Å². The van der Waals surface area contributed by atoms with E-state index in [2.05, 4.69) is 11.0 Å². The lowest BCUT2D eigenvalue weighted by Crippen LogP contribution is -2.52. The number of rotatable bonds is 14. The zero-order chi connectivity index (χ0) is 33.6. The molecule has 3 aromatic rings. The third kappa shape index (κ3) is 8.86. The largest absolute Gasteiger partial charge is 0.497 e. The van der Waals surface area contributed by atoms with E-state index in [0.29, 0.717) is 39.1 Å². The first kappa shape index (κ1) is 35.2. The Bertz CT molecular complexity index is 1560. The van der Waals surface area contributed by atoms with Crippen LogP contribution in [0.1, 0.15) is 62.1 Å². The Morgan fingerprint density at radius 1 is 1.02 bits per heavy atom. The first-order valence-electron chi connectivity index (χ1n) is 16.5. The Kier molecular flexibility index (Phi) is 11.5. The molecule has 9 nitrogen and oxygen atoms in total. The van der Waals surface area contributed by atoms with Gasteiger partial charge in [-0.25, -0.2) is 8.42 Å². The van der Waals surface area contributed by atoms with Crippen LogP contribution in [0.15, 0.2) is 71.6 Å². The van der Waals surface area contributed by atoms with Gasteiger partial charge in [-0.2, -0.15) is 4.31 Å². The van der Waals surface area contributed by atoms with Crippen LogP contribution in [0.3, 0.4) is 0 Å². The van der Waals surface area contributed by atoms with Gasteiger partial charge in [-0.3, -0.25) is 0 Å². The van der Waals surface area contributed by atoms with Gasteiger partial charge in [0.2, 0.25) is 10.0 Å². The van der Waals surface area contributed by atoms with Gasteiger partial charge in [0.05, 0.1) is 42.5 Å². The lowest BCUT2D eigenvalue weighted by atomic mass is 9.82. The molecule has 1 N–H and O–H groups in total. The minimum atomic E-state index is -3.84. The van der Waals surface area contributed by atoms with E-state index in [1.54, 1.807) is 44.5 Å². The van der Waals surface area contributed by atoms with Crippen molar-refractivity contribution in [1.82, 2.24) is 4.31 Å². The number of ether oxygens (including phenoxy) is 4. The fourth-order valence-corrected chi connectivity index (χ4v) is 8.23. The molecular weight excluding hydrogens is 616 g/mol. The third-order valence-corrected chi connectivity index (χ3v) is 11.2. The van der Waals surface area contributed by atoms with E-state index in [9.17, 15) is 13.5 Å². The summed E-state index contributed by atoms with van der Waals surface area (Å²) < 4.78 is 53.5. The molecule has 2 heterocycles. The smallest absolute Gasteiger partial charge is 0.243 e.